The van der Waals surface area contributed by atoms with Gasteiger partial charge in [-0.15, -0.1) is 0 Å². The number of carbonyl (C=O) groups excluding carboxylic acids is 1. The lowest BCUT2D eigenvalue weighted by Crippen LogP contribution is -2.22. The standard InChI is InChI=1S/C14H18FNO3/c1-10-12(15)5-2-6-13(10)16-14(17)9-18-8-11-4-3-7-19-11/h2,5-6,11H,3-4,7-9H2,1H3,(H,16,17). The number of benzene rings is 1. The van der Waals surface area contributed by atoms with E-state index in [0.717, 1.165) is 19.4 Å². The third-order valence-corrected chi connectivity index (χ3v) is 3.10. The van der Waals surface area contributed by atoms with Gasteiger partial charge in [-0.05, 0) is 31.9 Å². The van der Waals surface area contributed by atoms with Crippen molar-refractivity contribution in [2.45, 2.75) is 25.9 Å². The number of nitrogens with one attached hydrogen (secondary N) is 1. The summed E-state index contributed by atoms with van der Waals surface area (Å²) in [6.07, 6.45) is 2.12. The SMILES string of the molecule is Cc1c(F)cccc1NC(=O)COCC1CCCO1. The van der Waals surface area contributed by atoms with Crippen molar-refractivity contribution in [3.63, 3.8) is 0 Å². The summed E-state index contributed by atoms with van der Waals surface area (Å²) in [6.45, 7) is 2.77. The van der Waals surface area contributed by atoms with E-state index in [1.54, 1.807) is 19.1 Å². The predicted molar refractivity (Wildman–Crippen MR) is 69.6 cm³/mol. The molecule has 2 rings (SSSR count). The number of anilines is 1. The fraction of sp³-hybridized carbons (Fsp3) is 0.500. The number of hydrogen-bond acceptors (Lipinski definition) is 3. The summed E-state index contributed by atoms with van der Waals surface area (Å²) in [7, 11) is 0. The van der Waals surface area contributed by atoms with Crippen LogP contribution >= 0.6 is 0 Å². The summed E-state index contributed by atoms with van der Waals surface area (Å²) < 4.78 is 24.0. The number of ether oxygens (including phenoxy) is 2. The second-order valence-corrected chi connectivity index (χ2v) is 4.61. The molecule has 4 nitrogen and oxygen atoms in total. The minimum Gasteiger partial charge on any atom is -0.376 e. The lowest BCUT2D eigenvalue weighted by Gasteiger charge is -2.11. The van der Waals surface area contributed by atoms with Crippen LogP contribution in [0.25, 0.3) is 0 Å². The summed E-state index contributed by atoms with van der Waals surface area (Å²) in [6, 6.07) is 4.58. The number of carbonyl (C=O) groups is 1. The normalized spacial score (nSPS) is 18.5. The minimum absolute atomic E-state index is 0.0458. The Morgan fingerprint density at radius 2 is 2.42 bits per heavy atom. The van der Waals surface area contributed by atoms with Gasteiger partial charge in [0.05, 0.1) is 12.7 Å². The van der Waals surface area contributed by atoms with Crippen LogP contribution in [-0.2, 0) is 14.3 Å². The van der Waals surface area contributed by atoms with Crippen molar-refractivity contribution in [3.8, 4) is 0 Å². The van der Waals surface area contributed by atoms with Crippen LogP contribution in [0.1, 0.15) is 18.4 Å². The second kappa shape index (κ2) is 6.63. The summed E-state index contributed by atoms with van der Waals surface area (Å²) in [4.78, 5) is 11.7. The minimum atomic E-state index is -0.335. The zero-order chi connectivity index (χ0) is 13.7. The molecule has 1 heterocycles. The average molecular weight is 267 g/mol. The van der Waals surface area contributed by atoms with E-state index < -0.39 is 0 Å². The smallest absolute Gasteiger partial charge is 0.250 e. The second-order valence-electron chi connectivity index (χ2n) is 4.61. The topological polar surface area (TPSA) is 47.6 Å². The van der Waals surface area contributed by atoms with Gasteiger partial charge >= 0.3 is 0 Å². The quantitative estimate of drug-likeness (QED) is 0.890. The zero-order valence-corrected chi connectivity index (χ0v) is 10.9. The van der Waals surface area contributed by atoms with Crippen LogP contribution in [0.5, 0.6) is 0 Å². The summed E-state index contributed by atoms with van der Waals surface area (Å²) in [5, 5.41) is 2.63. The summed E-state index contributed by atoms with van der Waals surface area (Å²) in [5.74, 6) is -0.621. The Balaban J connectivity index is 1.76. The molecule has 1 N–H and O–H groups in total. The van der Waals surface area contributed by atoms with Crippen LogP contribution in [-0.4, -0.2) is 31.8 Å². The molecule has 19 heavy (non-hydrogen) atoms. The monoisotopic (exact) mass is 267 g/mol. The Hall–Kier alpha value is -1.46. The van der Waals surface area contributed by atoms with E-state index in [9.17, 15) is 9.18 Å². The fourth-order valence-corrected chi connectivity index (χ4v) is 1.99. The first-order valence-electron chi connectivity index (χ1n) is 6.41. The van der Waals surface area contributed by atoms with E-state index >= 15 is 0 Å². The summed E-state index contributed by atoms with van der Waals surface area (Å²) in [5.41, 5.74) is 0.903. The fourth-order valence-electron chi connectivity index (χ4n) is 1.99. The van der Waals surface area contributed by atoms with Crippen LogP contribution < -0.4 is 5.32 Å². The third kappa shape index (κ3) is 4.01. The molecule has 1 atom stereocenters. The maximum absolute atomic E-state index is 13.3. The highest BCUT2D eigenvalue weighted by atomic mass is 19.1. The largest absolute Gasteiger partial charge is 0.376 e. The first-order valence-corrected chi connectivity index (χ1v) is 6.41. The molecular formula is C14H18FNO3. The van der Waals surface area contributed by atoms with Gasteiger partial charge in [-0.2, -0.15) is 0 Å². The number of rotatable bonds is 5. The van der Waals surface area contributed by atoms with Crippen LogP contribution in [0, 0.1) is 12.7 Å². The maximum atomic E-state index is 13.3. The Kier molecular flexibility index (Phi) is 4.87. The van der Waals surface area contributed by atoms with Crippen molar-refractivity contribution in [3.05, 3.63) is 29.6 Å². The highest BCUT2D eigenvalue weighted by Gasteiger charge is 2.16. The highest BCUT2D eigenvalue weighted by molar-refractivity contribution is 5.92. The maximum Gasteiger partial charge on any atom is 0.250 e. The van der Waals surface area contributed by atoms with Crippen molar-refractivity contribution in [2.24, 2.45) is 0 Å². The van der Waals surface area contributed by atoms with E-state index in [2.05, 4.69) is 5.32 Å². The van der Waals surface area contributed by atoms with Crippen LogP contribution in [0.2, 0.25) is 0 Å². The Morgan fingerprint density at radius 3 is 3.16 bits per heavy atom. The molecule has 1 aliphatic rings. The van der Waals surface area contributed by atoms with Gasteiger partial charge in [0.2, 0.25) is 5.91 Å². The van der Waals surface area contributed by atoms with Gasteiger partial charge in [0, 0.05) is 17.9 Å². The average Bonchev–Trinajstić information content (AvgIpc) is 2.88. The molecule has 1 fully saturated rings. The molecule has 0 bridgehead atoms. The molecule has 1 unspecified atom stereocenters. The lowest BCUT2D eigenvalue weighted by molar-refractivity contribution is -0.121. The molecule has 1 amide bonds. The lowest BCUT2D eigenvalue weighted by atomic mass is 10.2. The Labute approximate surface area is 111 Å². The van der Waals surface area contributed by atoms with Gasteiger partial charge in [-0.25, -0.2) is 4.39 Å². The van der Waals surface area contributed by atoms with Crippen molar-refractivity contribution < 1.29 is 18.7 Å². The van der Waals surface area contributed by atoms with Crippen molar-refractivity contribution >= 4 is 11.6 Å². The highest BCUT2D eigenvalue weighted by Crippen LogP contribution is 2.17. The summed E-state index contributed by atoms with van der Waals surface area (Å²) >= 11 is 0. The van der Waals surface area contributed by atoms with Crippen LogP contribution in [0.15, 0.2) is 18.2 Å². The molecule has 1 aromatic rings. The van der Waals surface area contributed by atoms with Crippen LogP contribution in [0.4, 0.5) is 10.1 Å². The van der Waals surface area contributed by atoms with Crippen LogP contribution in [0.3, 0.4) is 0 Å². The Bertz CT molecular complexity index is 444. The molecule has 0 radical (unpaired) electrons. The van der Waals surface area contributed by atoms with Gasteiger partial charge < -0.3 is 14.8 Å². The zero-order valence-electron chi connectivity index (χ0n) is 10.9. The molecule has 0 aromatic heterocycles. The molecule has 5 heteroatoms. The van der Waals surface area contributed by atoms with Crippen molar-refractivity contribution in [1.82, 2.24) is 0 Å². The molecular weight excluding hydrogens is 249 g/mol. The first kappa shape index (κ1) is 14.0. The Morgan fingerprint density at radius 1 is 1.58 bits per heavy atom. The first-order chi connectivity index (χ1) is 9.16. The van der Waals surface area contributed by atoms with E-state index in [0.29, 0.717) is 17.9 Å². The van der Waals surface area contributed by atoms with E-state index in [-0.39, 0.29) is 24.4 Å². The number of halogens is 1. The number of hydrogen-bond donors (Lipinski definition) is 1. The van der Waals surface area contributed by atoms with Gasteiger partial charge in [-0.3, -0.25) is 4.79 Å². The van der Waals surface area contributed by atoms with E-state index in [1.165, 1.54) is 6.07 Å². The van der Waals surface area contributed by atoms with Gasteiger partial charge in [0.1, 0.15) is 12.4 Å². The third-order valence-electron chi connectivity index (χ3n) is 3.10. The van der Waals surface area contributed by atoms with E-state index in [4.69, 9.17) is 9.47 Å². The molecule has 0 spiro atoms. The van der Waals surface area contributed by atoms with Crippen molar-refractivity contribution in [1.29, 1.82) is 0 Å². The predicted octanol–water partition coefficient (Wildman–Crippen LogP) is 2.27. The molecule has 0 aliphatic carbocycles. The number of amides is 1. The molecule has 1 aliphatic heterocycles. The molecule has 1 aromatic carbocycles. The molecule has 1 saturated heterocycles. The van der Waals surface area contributed by atoms with Gasteiger partial charge in [0.15, 0.2) is 0 Å². The van der Waals surface area contributed by atoms with Gasteiger partial charge in [0.25, 0.3) is 0 Å². The van der Waals surface area contributed by atoms with Crippen molar-refractivity contribution in [2.75, 3.05) is 25.1 Å². The molecule has 0 saturated carbocycles. The van der Waals surface area contributed by atoms with Gasteiger partial charge in [-0.1, -0.05) is 6.07 Å². The molecule has 104 valence electrons. The van der Waals surface area contributed by atoms with E-state index in [1.807, 2.05) is 0 Å².